The van der Waals surface area contributed by atoms with Crippen LogP contribution in [0.15, 0.2) is 10.9 Å². The zero-order valence-corrected chi connectivity index (χ0v) is 10.4. The molecule has 2 aromatic heterocycles. The normalized spacial score (nSPS) is 11.0. The van der Waals surface area contributed by atoms with Crippen LogP contribution in [0.2, 0.25) is 0 Å². The molecule has 6 heteroatoms. The standard InChI is InChI=1S/C11H17N5O/c1-8-9-10(16(3)6-4-5-12-2)13-7-14-11(9)17-15-8/h7,12H,4-6H2,1-3H3. The van der Waals surface area contributed by atoms with Crippen molar-refractivity contribution in [2.75, 3.05) is 32.1 Å². The molecule has 0 bridgehead atoms. The summed E-state index contributed by atoms with van der Waals surface area (Å²) in [5.74, 6) is 0.879. The molecule has 17 heavy (non-hydrogen) atoms. The van der Waals surface area contributed by atoms with Gasteiger partial charge in [-0.25, -0.2) is 4.98 Å². The van der Waals surface area contributed by atoms with Gasteiger partial charge in [-0.15, -0.1) is 0 Å². The van der Waals surface area contributed by atoms with Crippen LogP contribution >= 0.6 is 0 Å². The summed E-state index contributed by atoms with van der Waals surface area (Å²) >= 11 is 0. The van der Waals surface area contributed by atoms with Gasteiger partial charge in [-0.2, -0.15) is 4.98 Å². The molecule has 0 fully saturated rings. The Balaban J connectivity index is 2.25. The molecule has 0 spiro atoms. The molecule has 0 aliphatic rings. The van der Waals surface area contributed by atoms with Crippen molar-refractivity contribution in [2.45, 2.75) is 13.3 Å². The monoisotopic (exact) mass is 235 g/mol. The molecule has 0 amide bonds. The molecule has 2 heterocycles. The van der Waals surface area contributed by atoms with Crippen molar-refractivity contribution < 1.29 is 4.52 Å². The van der Waals surface area contributed by atoms with Crippen LogP contribution in [-0.4, -0.2) is 42.3 Å². The van der Waals surface area contributed by atoms with Crippen molar-refractivity contribution >= 4 is 16.9 Å². The second kappa shape index (κ2) is 5.09. The Hall–Kier alpha value is -1.69. The number of anilines is 1. The van der Waals surface area contributed by atoms with Gasteiger partial charge in [0.05, 0.1) is 5.69 Å². The van der Waals surface area contributed by atoms with Gasteiger partial charge in [0, 0.05) is 13.6 Å². The van der Waals surface area contributed by atoms with Gasteiger partial charge >= 0.3 is 0 Å². The highest BCUT2D eigenvalue weighted by Crippen LogP contribution is 2.24. The minimum atomic E-state index is 0.549. The topological polar surface area (TPSA) is 67.1 Å². The molecule has 6 nitrogen and oxygen atoms in total. The molecule has 92 valence electrons. The number of aryl methyl sites for hydroxylation is 1. The first-order chi connectivity index (χ1) is 8.24. The molecule has 0 saturated carbocycles. The van der Waals surface area contributed by atoms with Crippen LogP contribution in [0.5, 0.6) is 0 Å². The number of rotatable bonds is 5. The van der Waals surface area contributed by atoms with Crippen LogP contribution in [0.1, 0.15) is 12.1 Å². The fourth-order valence-corrected chi connectivity index (χ4v) is 1.79. The van der Waals surface area contributed by atoms with Gasteiger partial charge in [0.15, 0.2) is 0 Å². The van der Waals surface area contributed by atoms with E-state index in [0.717, 1.165) is 36.4 Å². The third-order valence-corrected chi connectivity index (χ3v) is 2.71. The molecule has 2 aromatic rings. The first-order valence-corrected chi connectivity index (χ1v) is 5.66. The van der Waals surface area contributed by atoms with E-state index in [0.29, 0.717) is 5.71 Å². The summed E-state index contributed by atoms with van der Waals surface area (Å²) in [5.41, 5.74) is 1.38. The maximum absolute atomic E-state index is 5.13. The van der Waals surface area contributed by atoms with E-state index >= 15 is 0 Å². The van der Waals surface area contributed by atoms with Crippen LogP contribution in [-0.2, 0) is 0 Å². The minimum absolute atomic E-state index is 0.549. The SMILES string of the molecule is CNCCCN(C)c1ncnc2onc(C)c12. The summed E-state index contributed by atoms with van der Waals surface area (Å²) in [5, 5.41) is 7.95. The molecule has 0 unspecified atom stereocenters. The lowest BCUT2D eigenvalue weighted by Crippen LogP contribution is -2.23. The van der Waals surface area contributed by atoms with Gasteiger partial charge in [-0.1, -0.05) is 5.16 Å². The van der Waals surface area contributed by atoms with E-state index < -0.39 is 0 Å². The molecule has 0 atom stereocenters. The molecule has 1 N–H and O–H groups in total. The van der Waals surface area contributed by atoms with Gasteiger partial charge < -0.3 is 14.7 Å². The quantitative estimate of drug-likeness (QED) is 0.779. The fourth-order valence-electron chi connectivity index (χ4n) is 1.79. The first kappa shape index (κ1) is 11.8. The predicted octanol–water partition coefficient (Wildman–Crippen LogP) is 0.972. The summed E-state index contributed by atoms with van der Waals surface area (Å²) < 4.78 is 5.13. The average molecular weight is 235 g/mol. The zero-order chi connectivity index (χ0) is 12.3. The molecule has 0 aliphatic carbocycles. The number of hydrogen-bond acceptors (Lipinski definition) is 6. The van der Waals surface area contributed by atoms with Crippen LogP contribution in [0, 0.1) is 6.92 Å². The minimum Gasteiger partial charge on any atom is -0.359 e. The third kappa shape index (κ3) is 2.36. The van der Waals surface area contributed by atoms with E-state index in [1.165, 1.54) is 6.33 Å². The molecule has 0 aliphatic heterocycles. The number of hydrogen-bond donors (Lipinski definition) is 1. The molecule has 0 saturated heterocycles. The smallest absolute Gasteiger partial charge is 0.263 e. The van der Waals surface area contributed by atoms with Gasteiger partial charge in [-0.05, 0) is 26.9 Å². The number of fused-ring (bicyclic) bond motifs is 1. The Morgan fingerprint density at radius 3 is 3.00 bits per heavy atom. The van der Waals surface area contributed by atoms with Gasteiger partial charge in [-0.3, -0.25) is 0 Å². The number of nitrogens with zero attached hydrogens (tertiary/aromatic N) is 4. The van der Waals surface area contributed by atoms with E-state index in [1.54, 1.807) is 0 Å². The Bertz CT molecular complexity index is 496. The summed E-state index contributed by atoms with van der Waals surface area (Å²) in [4.78, 5) is 10.5. The van der Waals surface area contributed by atoms with E-state index in [2.05, 4.69) is 25.3 Å². The summed E-state index contributed by atoms with van der Waals surface area (Å²) in [7, 11) is 3.97. The molecule has 0 aromatic carbocycles. The van der Waals surface area contributed by atoms with Crippen molar-refractivity contribution in [1.82, 2.24) is 20.4 Å². The Morgan fingerprint density at radius 2 is 2.24 bits per heavy atom. The molecular formula is C11H17N5O. The highest BCUT2D eigenvalue weighted by molar-refractivity contribution is 5.87. The highest BCUT2D eigenvalue weighted by atomic mass is 16.5. The summed E-state index contributed by atoms with van der Waals surface area (Å²) in [6.45, 7) is 3.82. The van der Waals surface area contributed by atoms with E-state index in [9.17, 15) is 0 Å². The third-order valence-electron chi connectivity index (χ3n) is 2.71. The van der Waals surface area contributed by atoms with Crippen molar-refractivity contribution in [2.24, 2.45) is 0 Å². The lowest BCUT2D eigenvalue weighted by molar-refractivity contribution is 0.442. The lowest BCUT2D eigenvalue weighted by atomic mass is 10.3. The largest absolute Gasteiger partial charge is 0.359 e. The Kier molecular flexibility index (Phi) is 3.53. The molecule has 0 radical (unpaired) electrons. The summed E-state index contributed by atoms with van der Waals surface area (Å²) in [6, 6.07) is 0. The zero-order valence-electron chi connectivity index (χ0n) is 10.4. The number of aromatic nitrogens is 3. The van der Waals surface area contributed by atoms with E-state index in [-0.39, 0.29) is 0 Å². The Morgan fingerprint density at radius 1 is 1.41 bits per heavy atom. The maximum atomic E-state index is 5.13. The van der Waals surface area contributed by atoms with Gasteiger partial charge in [0.25, 0.3) is 5.71 Å². The van der Waals surface area contributed by atoms with E-state index in [1.807, 2.05) is 21.0 Å². The van der Waals surface area contributed by atoms with Crippen molar-refractivity contribution in [3.8, 4) is 0 Å². The molecular weight excluding hydrogens is 218 g/mol. The second-order valence-electron chi connectivity index (χ2n) is 4.02. The highest BCUT2D eigenvalue weighted by Gasteiger charge is 2.14. The Labute approximate surface area is 100 Å². The van der Waals surface area contributed by atoms with E-state index in [4.69, 9.17) is 4.52 Å². The van der Waals surface area contributed by atoms with Crippen LogP contribution < -0.4 is 10.2 Å². The number of nitrogens with one attached hydrogen (secondary N) is 1. The van der Waals surface area contributed by atoms with Crippen LogP contribution in [0.25, 0.3) is 11.1 Å². The van der Waals surface area contributed by atoms with Gasteiger partial charge in [0.1, 0.15) is 17.5 Å². The fraction of sp³-hybridized carbons (Fsp3) is 0.545. The van der Waals surface area contributed by atoms with Crippen LogP contribution in [0.4, 0.5) is 5.82 Å². The van der Waals surface area contributed by atoms with Crippen molar-refractivity contribution in [3.63, 3.8) is 0 Å². The van der Waals surface area contributed by atoms with Crippen molar-refractivity contribution in [1.29, 1.82) is 0 Å². The van der Waals surface area contributed by atoms with Crippen molar-refractivity contribution in [3.05, 3.63) is 12.0 Å². The average Bonchev–Trinajstić information content (AvgIpc) is 2.71. The lowest BCUT2D eigenvalue weighted by Gasteiger charge is -2.18. The van der Waals surface area contributed by atoms with Gasteiger partial charge in [0.2, 0.25) is 0 Å². The maximum Gasteiger partial charge on any atom is 0.263 e. The van der Waals surface area contributed by atoms with Crippen LogP contribution in [0.3, 0.4) is 0 Å². The second-order valence-corrected chi connectivity index (χ2v) is 4.02. The first-order valence-electron chi connectivity index (χ1n) is 5.66. The summed E-state index contributed by atoms with van der Waals surface area (Å²) in [6.07, 6.45) is 2.57. The predicted molar refractivity (Wildman–Crippen MR) is 66.1 cm³/mol. The molecule has 2 rings (SSSR count).